The van der Waals surface area contributed by atoms with Gasteiger partial charge in [0.1, 0.15) is 0 Å². The Morgan fingerprint density at radius 3 is 2.24 bits per heavy atom. The van der Waals surface area contributed by atoms with E-state index in [1.807, 2.05) is 26.8 Å². The molecule has 0 radical (unpaired) electrons. The molecule has 1 aromatic rings. The number of halogens is 1. The van der Waals surface area contributed by atoms with Crippen LogP contribution < -0.4 is 17.2 Å². The highest BCUT2D eigenvalue weighted by atomic mass is 79.9. The zero-order valence-corrected chi connectivity index (χ0v) is 11.7. The standard InChI is InChI=1S/C11H16BrN5/c1-5-4-6(2)9(7(3)8(5)12)16-11(15)17-10(13)14/h4H,1-3H3,(H6,13,14,15,16,17). The largest absolute Gasteiger partial charge is 0.370 e. The Balaban J connectivity index is 3.34. The van der Waals surface area contributed by atoms with Gasteiger partial charge in [0.15, 0.2) is 5.96 Å². The number of rotatable bonds is 1. The molecule has 0 unspecified atom stereocenters. The van der Waals surface area contributed by atoms with Crippen LogP contribution in [-0.4, -0.2) is 11.9 Å². The molecule has 1 aromatic carbocycles. The van der Waals surface area contributed by atoms with E-state index in [1.165, 1.54) is 0 Å². The summed E-state index contributed by atoms with van der Waals surface area (Å²) in [5.41, 5.74) is 20.1. The third-order valence-electron chi connectivity index (χ3n) is 2.31. The maximum absolute atomic E-state index is 5.62. The molecule has 0 heterocycles. The lowest BCUT2D eigenvalue weighted by Crippen LogP contribution is -2.26. The lowest BCUT2D eigenvalue weighted by atomic mass is 10.1. The molecule has 6 N–H and O–H groups in total. The average Bonchev–Trinajstić information content (AvgIpc) is 2.20. The lowest BCUT2D eigenvalue weighted by Gasteiger charge is -2.10. The van der Waals surface area contributed by atoms with E-state index >= 15 is 0 Å². The molecule has 0 aliphatic heterocycles. The highest BCUT2D eigenvalue weighted by Gasteiger charge is 2.08. The Bertz CT molecular complexity index is 501. The third kappa shape index (κ3) is 3.20. The molecule has 5 nitrogen and oxygen atoms in total. The zero-order valence-electron chi connectivity index (χ0n) is 10.1. The van der Waals surface area contributed by atoms with E-state index in [4.69, 9.17) is 17.2 Å². The molecule has 0 saturated heterocycles. The summed E-state index contributed by atoms with van der Waals surface area (Å²) in [4.78, 5) is 7.91. The van der Waals surface area contributed by atoms with Crippen LogP contribution in [0.25, 0.3) is 0 Å². The topological polar surface area (TPSA) is 103 Å². The van der Waals surface area contributed by atoms with Crippen molar-refractivity contribution in [1.29, 1.82) is 0 Å². The second kappa shape index (κ2) is 5.18. The first-order valence-corrected chi connectivity index (χ1v) is 5.82. The van der Waals surface area contributed by atoms with Crippen molar-refractivity contribution in [3.8, 4) is 0 Å². The molecule has 17 heavy (non-hydrogen) atoms. The predicted molar refractivity (Wildman–Crippen MR) is 75.4 cm³/mol. The van der Waals surface area contributed by atoms with Crippen LogP contribution in [0.4, 0.5) is 5.69 Å². The fourth-order valence-corrected chi connectivity index (χ4v) is 1.90. The molecule has 92 valence electrons. The Labute approximate surface area is 109 Å². The van der Waals surface area contributed by atoms with Crippen molar-refractivity contribution < 1.29 is 0 Å². The number of aryl methyl sites for hydroxylation is 2. The Morgan fingerprint density at radius 1 is 1.12 bits per heavy atom. The van der Waals surface area contributed by atoms with E-state index in [1.54, 1.807) is 0 Å². The highest BCUT2D eigenvalue weighted by Crippen LogP contribution is 2.32. The second-order valence-electron chi connectivity index (χ2n) is 3.80. The zero-order chi connectivity index (χ0) is 13.2. The quantitative estimate of drug-likeness (QED) is 0.542. The van der Waals surface area contributed by atoms with Gasteiger partial charge in [-0.2, -0.15) is 4.99 Å². The predicted octanol–water partition coefficient (Wildman–Crippen LogP) is 1.59. The van der Waals surface area contributed by atoms with Crippen molar-refractivity contribution in [2.24, 2.45) is 27.2 Å². The van der Waals surface area contributed by atoms with Gasteiger partial charge >= 0.3 is 0 Å². The first-order valence-electron chi connectivity index (χ1n) is 5.03. The van der Waals surface area contributed by atoms with E-state index in [2.05, 4.69) is 25.9 Å². The van der Waals surface area contributed by atoms with Gasteiger partial charge < -0.3 is 17.2 Å². The fourth-order valence-electron chi connectivity index (χ4n) is 1.60. The number of nitrogens with two attached hydrogens (primary N) is 3. The smallest absolute Gasteiger partial charge is 0.223 e. The summed E-state index contributed by atoms with van der Waals surface area (Å²) < 4.78 is 1.01. The van der Waals surface area contributed by atoms with E-state index in [-0.39, 0.29) is 11.9 Å². The number of hydrogen-bond acceptors (Lipinski definition) is 1. The van der Waals surface area contributed by atoms with Gasteiger partial charge in [-0.05, 0) is 37.5 Å². The van der Waals surface area contributed by atoms with Gasteiger partial charge in [0.25, 0.3) is 0 Å². The molecule has 0 atom stereocenters. The summed E-state index contributed by atoms with van der Waals surface area (Å²) in [5.74, 6) is -0.0558. The van der Waals surface area contributed by atoms with E-state index in [0.29, 0.717) is 0 Å². The van der Waals surface area contributed by atoms with Crippen LogP contribution in [0.2, 0.25) is 0 Å². The highest BCUT2D eigenvalue weighted by molar-refractivity contribution is 9.10. The van der Waals surface area contributed by atoms with Crippen molar-refractivity contribution in [2.45, 2.75) is 20.8 Å². The molecular weight excluding hydrogens is 282 g/mol. The van der Waals surface area contributed by atoms with Crippen molar-refractivity contribution in [1.82, 2.24) is 0 Å². The minimum Gasteiger partial charge on any atom is -0.370 e. The number of benzene rings is 1. The van der Waals surface area contributed by atoms with Gasteiger partial charge in [0.2, 0.25) is 5.96 Å². The molecule has 0 aliphatic carbocycles. The molecule has 0 aliphatic rings. The van der Waals surface area contributed by atoms with Crippen LogP contribution >= 0.6 is 15.9 Å². The Morgan fingerprint density at radius 2 is 1.71 bits per heavy atom. The molecule has 0 aromatic heterocycles. The average molecular weight is 298 g/mol. The van der Waals surface area contributed by atoms with Crippen LogP contribution in [0.3, 0.4) is 0 Å². The summed E-state index contributed by atoms with van der Waals surface area (Å²) >= 11 is 3.51. The van der Waals surface area contributed by atoms with E-state index in [9.17, 15) is 0 Å². The van der Waals surface area contributed by atoms with Crippen molar-refractivity contribution in [3.63, 3.8) is 0 Å². The van der Waals surface area contributed by atoms with Crippen LogP contribution in [0.15, 0.2) is 20.5 Å². The second-order valence-corrected chi connectivity index (χ2v) is 4.60. The van der Waals surface area contributed by atoms with Crippen LogP contribution in [-0.2, 0) is 0 Å². The molecule has 1 rings (SSSR count). The van der Waals surface area contributed by atoms with Gasteiger partial charge in [0, 0.05) is 4.47 Å². The molecule has 0 saturated carbocycles. The van der Waals surface area contributed by atoms with Gasteiger partial charge in [-0.1, -0.05) is 22.0 Å². The first kappa shape index (κ1) is 13.5. The number of guanidine groups is 2. The fraction of sp³-hybridized carbons (Fsp3) is 0.273. The summed E-state index contributed by atoms with van der Waals surface area (Å²) in [6.07, 6.45) is 0. The van der Waals surface area contributed by atoms with Crippen LogP contribution in [0, 0.1) is 20.8 Å². The summed E-state index contributed by atoms with van der Waals surface area (Å²) in [6.45, 7) is 5.96. The van der Waals surface area contributed by atoms with E-state index < -0.39 is 0 Å². The van der Waals surface area contributed by atoms with Crippen LogP contribution in [0.1, 0.15) is 16.7 Å². The summed E-state index contributed by atoms with van der Waals surface area (Å²) in [6, 6.07) is 2.03. The first-order chi connectivity index (χ1) is 7.82. The SMILES string of the molecule is Cc1cc(C)c(N=C(N)N=C(N)N)c(C)c1Br. The number of hydrogen-bond donors (Lipinski definition) is 3. The van der Waals surface area contributed by atoms with Gasteiger partial charge in [-0.25, -0.2) is 4.99 Å². The maximum Gasteiger partial charge on any atom is 0.223 e. The summed E-state index contributed by atoms with van der Waals surface area (Å²) in [7, 11) is 0. The van der Waals surface area contributed by atoms with Gasteiger partial charge in [-0.3, -0.25) is 0 Å². The molecule has 6 heteroatoms. The molecule has 0 spiro atoms. The van der Waals surface area contributed by atoms with Crippen molar-refractivity contribution in [2.75, 3.05) is 0 Å². The van der Waals surface area contributed by atoms with Crippen molar-refractivity contribution >= 4 is 33.5 Å². The Hall–Kier alpha value is -1.56. The molecule has 0 bridgehead atoms. The van der Waals surface area contributed by atoms with Gasteiger partial charge in [0.05, 0.1) is 5.69 Å². The minimum absolute atomic E-state index is 0.0481. The lowest BCUT2D eigenvalue weighted by molar-refractivity contribution is 1.25. The van der Waals surface area contributed by atoms with Crippen molar-refractivity contribution in [3.05, 3.63) is 27.2 Å². The third-order valence-corrected chi connectivity index (χ3v) is 3.53. The Kier molecular flexibility index (Phi) is 4.11. The maximum atomic E-state index is 5.62. The number of nitrogens with zero attached hydrogens (tertiary/aromatic N) is 2. The minimum atomic E-state index is -0.104. The normalized spacial score (nSPS) is 11.4. The molecule has 0 fully saturated rings. The van der Waals surface area contributed by atoms with E-state index in [0.717, 1.165) is 26.9 Å². The van der Waals surface area contributed by atoms with Gasteiger partial charge in [-0.15, -0.1) is 0 Å². The number of aliphatic imine (C=N–C) groups is 2. The monoisotopic (exact) mass is 297 g/mol. The molecule has 0 amide bonds. The van der Waals surface area contributed by atoms with Crippen LogP contribution in [0.5, 0.6) is 0 Å². The molecular formula is C11H16BrN5. The summed E-state index contributed by atoms with van der Waals surface area (Å²) in [5, 5.41) is 0.